The second kappa shape index (κ2) is 11.1. The summed E-state index contributed by atoms with van der Waals surface area (Å²) in [7, 11) is 0. The van der Waals surface area contributed by atoms with Crippen LogP contribution >= 0.6 is 0 Å². The summed E-state index contributed by atoms with van der Waals surface area (Å²) in [5, 5.41) is 5.88. The first kappa shape index (κ1) is 24.3. The van der Waals surface area contributed by atoms with Gasteiger partial charge in [0.25, 0.3) is 5.91 Å². The van der Waals surface area contributed by atoms with Gasteiger partial charge in [-0.25, -0.2) is 18.7 Å². The number of nitrogens with zero attached hydrogens (tertiary/aromatic N) is 3. The molecule has 0 spiro atoms. The average Bonchev–Trinajstić information content (AvgIpc) is 3.54. The fraction of sp³-hybridized carbons (Fsp3) is 0.185. The molecule has 5 aromatic rings. The minimum absolute atomic E-state index is 0.0402. The van der Waals surface area contributed by atoms with Gasteiger partial charge in [-0.3, -0.25) is 9.78 Å². The highest BCUT2D eigenvalue weighted by molar-refractivity contribution is 5.91. The molecule has 10 heteroatoms. The Balaban J connectivity index is 1.07. The normalized spacial score (nSPS) is 11.2. The van der Waals surface area contributed by atoms with Gasteiger partial charge in [0.15, 0.2) is 11.6 Å². The molecule has 0 aliphatic heterocycles. The molecule has 0 aliphatic rings. The Morgan fingerprint density at radius 2 is 1.81 bits per heavy atom. The topological polar surface area (TPSA) is 109 Å². The number of benzene rings is 2. The number of fused-ring (bicyclic) bond motifs is 1. The van der Waals surface area contributed by atoms with Crippen molar-refractivity contribution in [3.8, 4) is 11.1 Å². The van der Waals surface area contributed by atoms with Crippen molar-refractivity contribution in [2.24, 2.45) is 0 Å². The van der Waals surface area contributed by atoms with Crippen LogP contribution in [0.25, 0.3) is 22.2 Å². The fourth-order valence-electron chi connectivity index (χ4n) is 3.90. The maximum Gasteiger partial charge on any atom is 0.273 e. The van der Waals surface area contributed by atoms with Crippen molar-refractivity contribution in [3.05, 3.63) is 102 Å². The Morgan fingerprint density at radius 3 is 2.68 bits per heavy atom. The molecule has 0 unspecified atom stereocenters. The van der Waals surface area contributed by atoms with E-state index in [1.807, 2.05) is 24.3 Å². The van der Waals surface area contributed by atoms with Crippen LogP contribution in [0.2, 0.25) is 0 Å². The summed E-state index contributed by atoms with van der Waals surface area (Å²) < 4.78 is 33.1. The summed E-state index contributed by atoms with van der Waals surface area (Å²) in [6.07, 6.45) is 3.91. The molecule has 0 aliphatic carbocycles. The zero-order chi connectivity index (χ0) is 25.6. The average molecular weight is 503 g/mol. The summed E-state index contributed by atoms with van der Waals surface area (Å²) >= 11 is 0. The van der Waals surface area contributed by atoms with Crippen molar-refractivity contribution < 1.29 is 18.0 Å². The number of carbonyl (C=O) groups is 1. The predicted octanol–water partition coefficient (Wildman–Crippen LogP) is 4.20. The molecule has 0 bridgehead atoms. The Hall–Kier alpha value is -4.44. The lowest BCUT2D eigenvalue weighted by atomic mass is 10.0. The van der Waals surface area contributed by atoms with Crippen molar-refractivity contribution in [1.82, 2.24) is 30.6 Å². The van der Waals surface area contributed by atoms with Gasteiger partial charge in [0.2, 0.25) is 0 Å². The maximum absolute atomic E-state index is 14.1. The van der Waals surface area contributed by atoms with Crippen LogP contribution in [0.4, 0.5) is 8.78 Å². The van der Waals surface area contributed by atoms with Gasteiger partial charge in [0.1, 0.15) is 23.7 Å². The number of aromatic amines is 1. The molecule has 3 N–H and O–H groups in total. The van der Waals surface area contributed by atoms with E-state index in [0.29, 0.717) is 37.4 Å². The quantitative estimate of drug-likeness (QED) is 0.247. The van der Waals surface area contributed by atoms with E-state index in [9.17, 15) is 13.6 Å². The number of halogens is 2. The highest BCUT2D eigenvalue weighted by Gasteiger charge is 2.13. The number of pyridine rings is 1. The molecular weight excluding hydrogens is 478 g/mol. The molecule has 5 rings (SSSR count). The van der Waals surface area contributed by atoms with Gasteiger partial charge in [-0.05, 0) is 35.9 Å². The molecule has 8 nitrogen and oxygen atoms in total. The van der Waals surface area contributed by atoms with E-state index in [-0.39, 0.29) is 23.7 Å². The summed E-state index contributed by atoms with van der Waals surface area (Å²) in [5.74, 6) is 0.0453. The highest BCUT2D eigenvalue weighted by atomic mass is 19.1. The first-order chi connectivity index (χ1) is 18.1. The minimum Gasteiger partial charge on any atom is -0.448 e. The molecule has 0 radical (unpaired) electrons. The molecule has 2 aromatic carbocycles. The van der Waals surface area contributed by atoms with Gasteiger partial charge in [-0.15, -0.1) is 0 Å². The van der Waals surface area contributed by atoms with Crippen LogP contribution in [0.3, 0.4) is 0 Å². The number of H-pyrrole nitrogens is 1. The number of nitrogens with one attached hydrogen (secondary N) is 3. The molecule has 0 saturated carbocycles. The van der Waals surface area contributed by atoms with E-state index in [1.54, 1.807) is 12.1 Å². The van der Waals surface area contributed by atoms with Gasteiger partial charge in [-0.1, -0.05) is 24.3 Å². The van der Waals surface area contributed by atoms with Crippen molar-refractivity contribution in [2.45, 2.75) is 19.4 Å². The molecule has 37 heavy (non-hydrogen) atoms. The van der Waals surface area contributed by atoms with Gasteiger partial charge < -0.3 is 20.0 Å². The third-order valence-electron chi connectivity index (χ3n) is 5.81. The summed E-state index contributed by atoms with van der Waals surface area (Å²) in [6.45, 7) is 1.23. The Bertz CT molecular complexity index is 1530. The molecule has 3 heterocycles. The number of hydrogen-bond acceptors (Lipinski definition) is 6. The summed E-state index contributed by atoms with van der Waals surface area (Å²) in [6, 6.07) is 15.1. The van der Waals surface area contributed by atoms with Crippen LogP contribution in [-0.2, 0) is 19.4 Å². The number of carbonyl (C=O) groups excluding carboxylic acids is 1. The largest absolute Gasteiger partial charge is 0.448 e. The second-order valence-electron chi connectivity index (χ2n) is 8.39. The molecule has 1 amide bonds. The van der Waals surface area contributed by atoms with Crippen LogP contribution in [-0.4, -0.2) is 38.9 Å². The zero-order valence-electron chi connectivity index (χ0n) is 19.8. The zero-order valence-corrected chi connectivity index (χ0v) is 19.8. The monoisotopic (exact) mass is 502 g/mol. The lowest BCUT2D eigenvalue weighted by molar-refractivity contribution is 0.0945. The van der Waals surface area contributed by atoms with E-state index >= 15 is 0 Å². The number of amides is 1. The Labute approximate surface area is 211 Å². The first-order valence-electron chi connectivity index (χ1n) is 11.8. The van der Waals surface area contributed by atoms with Gasteiger partial charge >= 0.3 is 0 Å². The third-order valence-corrected chi connectivity index (χ3v) is 5.81. The van der Waals surface area contributed by atoms with Crippen LogP contribution in [0.15, 0.2) is 71.5 Å². The minimum atomic E-state index is -0.482. The van der Waals surface area contributed by atoms with Gasteiger partial charge in [0.05, 0.1) is 23.3 Å². The number of aromatic nitrogens is 4. The smallest absolute Gasteiger partial charge is 0.273 e. The first-order valence-corrected chi connectivity index (χ1v) is 11.8. The number of imidazole rings is 1. The van der Waals surface area contributed by atoms with Gasteiger partial charge in [-0.2, -0.15) is 0 Å². The fourth-order valence-corrected chi connectivity index (χ4v) is 3.90. The number of rotatable bonds is 10. The van der Waals surface area contributed by atoms with E-state index in [2.05, 4.69) is 30.6 Å². The highest BCUT2D eigenvalue weighted by Crippen LogP contribution is 2.25. The Kier molecular flexibility index (Phi) is 7.27. The molecule has 0 atom stereocenters. The number of oxazole rings is 1. The summed E-state index contributed by atoms with van der Waals surface area (Å²) in [5.41, 5.74) is 3.30. The second-order valence-corrected chi connectivity index (χ2v) is 8.39. The van der Waals surface area contributed by atoms with Crippen LogP contribution in [0.5, 0.6) is 0 Å². The van der Waals surface area contributed by atoms with Crippen LogP contribution in [0.1, 0.15) is 27.9 Å². The lowest BCUT2D eigenvalue weighted by Crippen LogP contribution is -2.24. The van der Waals surface area contributed by atoms with Crippen LogP contribution in [0, 0.1) is 11.6 Å². The van der Waals surface area contributed by atoms with Gasteiger partial charge in [0, 0.05) is 37.7 Å². The molecule has 3 aromatic heterocycles. The molecule has 0 fully saturated rings. The molecular formula is C27H24F2N6O2. The van der Waals surface area contributed by atoms with E-state index in [1.165, 1.54) is 30.7 Å². The lowest BCUT2D eigenvalue weighted by Gasteiger charge is -2.03. The molecule has 0 saturated heterocycles. The predicted molar refractivity (Wildman–Crippen MR) is 134 cm³/mol. The van der Waals surface area contributed by atoms with Crippen molar-refractivity contribution >= 4 is 16.9 Å². The van der Waals surface area contributed by atoms with Crippen LogP contribution < -0.4 is 10.6 Å². The maximum atomic E-state index is 14.1. The standard InChI is InChI=1S/C27H24F2N6O2/c28-19-5-2-1-4-18(19)17-7-8-21-22(14-17)34-25(33-21)9-12-30-13-10-26-35-24(16-37-26)27(36)32-15-23-20(29)6-3-11-31-23/h1-8,11,14,16,30H,9-10,12-13,15H2,(H,32,36)(H,33,34). The third kappa shape index (κ3) is 5.87. The molecule has 188 valence electrons. The SMILES string of the molecule is O=C(NCc1ncccc1F)c1coc(CCNCCc2nc3ccc(-c4ccccc4F)cc3[nH]2)n1. The number of hydrogen-bond donors (Lipinski definition) is 3. The van der Waals surface area contributed by atoms with E-state index in [0.717, 1.165) is 22.4 Å². The summed E-state index contributed by atoms with van der Waals surface area (Å²) in [4.78, 5) is 28.2. The van der Waals surface area contributed by atoms with E-state index in [4.69, 9.17) is 4.42 Å². The van der Waals surface area contributed by atoms with E-state index < -0.39 is 11.7 Å². The Morgan fingerprint density at radius 1 is 0.973 bits per heavy atom. The van der Waals surface area contributed by atoms with Crippen molar-refractivity contribution in [2.75, 3.05) is 13.1 Å². The van der Waals surface area contributed by atoms with Crippen molar-refractivity contribution in [1.29, 1.82) is 0 Å². The van der Waals surface area contributed by atoms with Crippen molar-refractivity contribution in [3.63, 3.8) is 0 Å².